The molecule has 4 aromatic rings. The van der Waals surface area contributed by atoms with Crippen LogP contribution in [0.4, 0.5) is 15.8 Å². The van der Waals surface area contributed by atoms with E-state index in [0.29, 0.717) is 31.9 Å². The topological polar surface area (TPSA) is 117 Å². The molecule has 8 nitrogen and oxygen atoms in total. The van der Waals surface area contributed by atoms with Gasteiger partial charge in [-0.1, -0.05) is 40.2 Å². The average molecular weight is 665 g/mol. The Hall–Kier alpha value is -4.61. The summed E-state index contributed by atoms with van der Waals surface area (Å²) in [5.41, 5.74) is 1.22. The Kier molecular flexibility index (Phi) is 10.6. The second-order valence-electron chi connectivity index (χ2n) is 9.16. The number of anilines is 2. The van der Waals surface area contributed by atoms with Gasteiger partial charge in [-0.05, 0) is 73.7 Å². The molecular formula is C32H27BrFN3O5S. The molecule has 0 bridgehead atoms. The number of ether oxygens (including phenoxy) is 1. The normalized spacial score (nSPS) is 11.8. The third kappa shape index (κ3) is 8.69. The van der Waals surface area contributed by atoms with E-state index >= 15 is 0 Å². The average Bonchev–Trinajstić information content (AvgIpc) is 2.99. The largest absolute Gasteiger partial charge is 0.508 e. The van der Waals surface area contributed by atoms with Gasteiger partial charge >= 0.3 is 0 Å². The predicted octanol–water partition coefficient (Wildman–Crippen LogP) is 6.83. The maximum absolute atomic E-state index is 14.2. The maximum Gasteiger partial charge on any atom is 0.272 e. The Balaban J connectivity index is 1.52. The smallest absolute Gasteiger partial charge is 0.272 e. The molecule has 1 unspecified atom stereocenters. The number of thioether (sulfide) groups is 1. The molecule has 0 aromatic heterocycles. The highest BCUT2D eigenvalue weighted by molar-refractivity contribution is 9.10. The highest BCUT2D eigenvalue weighted by Crippen LogP contribution is 2.29. The van der Waals surface area contributed by atoms with Gasteiger partial charge in [0.15, 0.2) is 0 Å². The van der Waals surface area contributed by atoms with Gasteiger partial charge in [-0.3, -0.25) is 14.4 Å². The standard InChI is InChI=1S/C32H27BrFN3O5S/c1-19(30(39)36-27-14-12-22(33)16-26(27)34)43-25-10-6-9-23(17-25)35-32(41)28(37-31(40)20-7-4-3-5-8-20)15-21-11-13-24(38)18-29(21)42-2/h3-19,38H,1-2H3,(H,35,41)(H,36,39)(H,37,40)/b28-15+. The number of amides is 3. The summed E-state index contributed by atoms with van der Waals surface area (Å²) >= 11 is 4.42. The first-order valence-corrected chi connectivity index (χ1v) is 14.6. The lowest BCUT2D eigenvalue weighted by atomic mass is 10.1. The molecule has 0 heterocycles. The third-order valence-electron chi connectivity index (χ3n) is 6.01. The van der Waals surface area contributed by atoms with E-state index in [9.17, 15) is 23.9 Å². The number of hydrogen-bond donors (Lipinski definition) is 4. The number of carbonyl (C=O) groups is 3. The SMILES string of the molecule is COc1cc(O)ccc1/C=C(/NC(=O)c1ccccc1)C(=O)Nc1cccc(SC(C)C(=O)Nc2ccc(Br)cc2F)c1. The zero-order valence-corrected chi connectivity index (χ0v) is 25.5. The van der Waals surface area contributed by atoms with E-state index in [1.165, 1.54) is 49.2 Å². The number of rotatable bonds is 10. The molecule has 1 atom stereocenters. The van der Waals surface area contributed by atoms with Crippen LogP contribution in [0, 0.1) is 5.82 Å². The van der Waals surface area contributed by atoms with Gasteiger partial charge in [-0.2, -0.15) is 0 Å². The van der Waals surface area contributed by atoms with Crippen LogP contribution in [0.2, 0.25) is 0 Å². The van der Waals surface area contributed by atoms with Crippen LogP contribution < -0.4 is 20.7 Å². The first-order valence-electron chi connectivity index (χ1n) is 12.9. The van der Waals surface area contributed by atoms with Gasteiger partial charge < -0.3 is 25.8 Å². The quantitative estimate of drug-likeness (QED) is 0.109. The summed E-state index contributed by atoms with van der Waals surface area (Å²) in [6.45, 7) is 1.69. The monoisotopic (exact) mass is 663 g/mol. The number of methoxy groups -OCH3 is 1. The molecule has 3 amide bonds. The van der Waals surface area contributed by atoms with E-state index in [1.54, 1.807) is 73.7 Å². The lowest BCUT2D eigenvalue weighted by Crippen LogP contribution is -2.30. The van der Waals surface area contributed by atoms with Crippen LogP contribution in [0.1, 0.15) is 22.8 Å². The van der Waals surface area contributed by atoms with Gasteiger partial charge in [0.1, 0.15) is 23.0 Å². The minimum absolute atomic E-state index is 0.0208. The highest BCUT2D eigenvalue weighted by Gasteiger charge is 2.19. The molecule has 43 heavy (non-hydrogen) atoms. The minimum atomic E-state index is -0.613. The Morgan fingerprint density at radius 1 is 0.953 bits per heavy atom. The van der Waals surface area contributed by atoms with Gasteiger partial charge in [-0.15, -0.1) is 11.8 Å². The van der Waals surface area contributed by atoms with Crippen LogP contribution in [-0.4, -0.2) is 35.2 Å². The Labute approximate surface area is 260 Å². The Morgan fingerprint density at radius 3 is 2.44 bits per heavy atom. The molecule has 0 radical (unpaired) electrons. The number of aromatic hydroxyl groups is 1. The van der Waals surface area contributed by atoms with E-state index < -0.39 is 28.8 Å². The van der Waals surface area contributed by atoms with Gasteiger partial charge in [0.05, 0.1) is 18.0 Å². The van der Waals surface area contributed by atoms with E-state index in [4.69, 9.17) is 4.74 Å². The predicted molar refractivity (Wildman–Crippen MR) is 170 cm³/mol. The van der Waals surface area contributed by atoms with Gasteiger partial charge in [0, 0.05) is 32.2 Å². The number of benzene rings is 4. The van der Waals surface area contributed by atoms with Crippen molar-refractivity contribution in [2.24, 2.45) is 0 Å². The number of phenols is 1. The second kappa shape index (κ2) is 14.5. The highest BCUT2D eigenvalue weighted by atomic mass is 79.9. The lowest BCUT2D eigenvalue weighted by molar-refractivity contribution is -0.115. The van der Waals surface area contributed by atoms with Crippen LogP contribution in [0.5, 0.6) is 11.5 Å². The molecule has 0 saturated heterocycles. The van der Waals surface area contributed by atoms with Crippen LogP contribution in [0.15, 0.2) is 106 Å². The van der Waals surface area contributed by atoms with E-state index in [0.717, 1.165) is 0 Å². The fraction of sp³-hybridized carbons (Fsp3) is 0.0938. The number of hydrogen-bond acceptors (Lipinski definition) is 6. The van der Waals surface area contributed by atoms with Crippen molar-refractivity contribution < 1.29 is 28.6 Å². The van der Waals surface area contributed by atoms with Gasteiger partial charge in [0.25, 0.3) is 11.8 Å². The van der Waals surface area contributed by atoms with E-state index in [1.807, 2.05) is 0 Å². The fourth-order valence-corrected chi connectivity index (χ4v) is 5.10. The molecular weight excluding hydrogens is 637 g/mol. The first kappa shape index (κ1) is 31.3. The molecule has 0 saturated carbocycles. The molecule has 11 heteroatoms. The molecule has 220 valence electrons. The number of phenolic OH excluding ortho intramolecular Hbond substituents is 1. The number of carbonyl (C=O) groups excluding carboxylic acids is 3. The Morgan fingerprint density at radius 2 is 1.72 bits per heavy atom. The molecule has 0 aliphatic carbocycles. The molecule has 0 aliphatic rings. The van der Waals surface area contributed by atoms with Crippen molar-refractivity contribution in [2.45, 2.75) is 17.1 Å². The van der Waals surface area contributed by atoms with Crippen molar-refractivity contribution in [1.29, 1.82) is 0 Å². The number of halogens is 2. The van der Waals surface area contributed by atoms with Crippen LogP contribution >= 0.6 is 27.7 Å². The van der Waals surface area contributed by atoms with Crippen molar-refractivity contribution in [3.8, 4) is 11.5 Å². The van der Waals surface area contributed by atoms with Crippen molar-refractivity contribution >= 4 is 62.9 Å². The summed E-state index contributed by atoms with van der Waals surface area (Å²) in [5, 5.41) is 17.3. The molecule has 4 N–H and O–H groups in total. The summed E-state index contributed by atoms with van der Waals surface area (Å²) in [5.74, 6) is -1.78. The van der Waals surface area contributed by atoms with Crippen LogP contribution in [0.3, 0.4) is 0 Å². The van der Waals surface area contributed by atoms with Crippen molar-refractivity contribution in [3.05, 3.63) is 118 Å². The van der Waals surface area contributed by atoms with E-state index in [2.05, 4.69) is 31.9 Å². The third-order valence-corrected chi connectivity index (χ3v) is 7.60. The zero-order chi connectivity index (χ0) is 30.9. The molecule has 4 rings (SSSR count). The van der Waals surface area contributed by atoms with Crippen LogP contribution in [0.25, 0.3) is 6.08 Å². The van der Waals surface area contributed by atoms with Gasteiger partial charge in [-0.25, -0.2) is 4.39 Å². The fourth-order valence-electron chi connectivity index (χ4n) is 3.85. The molecule has 0 fully saturated rings. The molecule has 0 aliphatic heterocycles. The summed E-state index contributed by atoms with van der Waals surface area (Å²) in [4.78, 5) is 39.8. The van der Waals surface area contributed by atoms with Crippen molar-refractivity contribution in [1.82, 2.24) is 5.32 Å². The second-order valence-corrected chi connectivity index (χ2v) is 11.5. The maximum atomic E-state index is 14.2. The minimum Gasteiger partial charge on any atom is -0.508 e. The summed E-state index contributed by atoms with van der Waals surface area (Å²) in [6.07, 6.45) is 1.45. The Bertz CT molecular complexity index is 1680. The lowest BCUT2D eigenvalue weighted by Gasteiger charge is -2.15. The summed E-state index contributed by atoms with van der Waals surface area (Å²) in [6, 6.07) is 24.0. The van der Waals surface area contributed by atoms with Gasteiger partial charge in [0.2, 0.25) is 5.91 Å². The zero-order valence-electron chi connectivity index (χ0n) is 23.1. The number of nitrogens with one attached hydrogen (secondary N) is 3. The first-order chi connectivity index (χ1) is 20.6. The molecule has 0 spiro atoms. The van der Waals surface area contributed by atoms with Crippen molar-refractivity contribution in [3.63, 3.8) is 0 Å². The molecule has 4 aromatic carbocycles. The van der Waals surface area contributed by atoms with Crippen LogP contribution in [-0.2, 0) is 9.59 Å². The summed E-state index contributed by atoms with van der Waals surface area (Å²) in [7, 11) is 1.42. The summed E-state index contributed by atoms with van der Waals surface area (Å²) < 4.78 is 20.1. The van der Waals surface area contributed by atoms with Crippen molar-refractivity contribution in [2.75, 3.05) is 17.7 Å². The van der Waals surface area contributed by atoms with E-state index in [-0.39, 0.29) is 17.1 Å².